The van der Waals surface area contributed by atoms with E-state index >= 15 is 0 Å². The quantitative estimate of drug-likeness (QED) is 0.613. The van der Waals surface area contributed by atoms with Crippen molar-refractivity contribution < 1.29 is 9.90 Å². The van der Waals surface area contributed by atoms with Crippen LogP contribution in [0, 0.1) is 0 Å². The van der Waals surface area contributed by atoms with E-state index in [1.807, 2.05) is 6.07 Å². The summed E-state index contributed by atoms with van der Waals surface area (Å²) < 4.78 is 0. The Bertz CT molecular complexity index is 367. The number of phenolic OH excluding ortho intramolecular Hbond substituents is 1. The minimum atomic E-state index is 0.0900. The fourth-order valence-electron chi connectivity index (χ4n) is 1.75. The van der Waals surface area contributed by atoms with Crippen LogP contribution >= 0.6 is 0 Å². The van der Waals surface area contributed by atoms with Gasteiger partial charge in [0.25, 0.3) is 0 Å². The van der Waals surface area contributed by atoms with Gasteiger partial charge in [-0.15, -0.1) is 0 Å². The zero-order valence-electron chi connectivity index (χ0n) is 10.7. The molecule has 0 atom stereocenters. The molecule has 1 amide bonds. The van der Waals surface area contributed by atoms with E-state index in [2.05, 4.69) is 5.32 Å². The largest absolute Gasteiger partial charge is 0.508 e. The number of nitrogens with two attached hydrogens (primary N) is 1. The summed E-state index contributed by atoms with van der Waals surface area (Å²) in [5, 5.41) is 12.2. The SMILES string of the molecule is NCCCCCC(=O)NCCc1cccc(O)c1. The number of benzene rings is 1. The third-order valence-electron chi connectivity index (χ3n) is 2.75. The van der Waals surface area contributed by atoms with Gasteiger partial charge >= 0.3 is 0 Å². The minimum absolute atomic E-state index is 0.0900. The summed E-state index contributed by atoms with van der Waals surface area (Å²) in [5.41, 5.74) is 6.41. The van der Waals surface area contributed by atoms with Crippen LogP contribution in [-0.4, -0.2) is 24.1 Å². The molecule has 0 saturated heterocycles. The molecule has 0 aliphatic rings. The number of amides is 1. The first-order chi connectivity index (χ1) is 8.72. The molecule has 0 aliphatic carbocycles. The number of aromatic hydroxyl groups is 1. The third-order valence-corrected chi connectivity index (χ3v) is 2.75. The van der Waals surface area contributed by atoms with Crippen LogP contribution in [0.5, 0.6) is 5.75 Å². The van der Waals surface area contributed by atoms with Crippen LogP contribution < -0.4 is 11.1 Å². The average Bonchev–Trinajstić information content (AvgIpc) is 2.35. The van der Waals surface area contributed by atoms with E-state index < -0.39 is 0 Å². The Morgan fingerprint density at radius 2 is 2.11 bits per heavy atom. The lowest BCUT2D eigenvalue weighted by molar-refractivity contribution is -0.121. The van der Waals surface area contributed by atoms with Crippen LogP contribution in [0.1, 0.15) is 31.2 Å². The van der Waals surface area contributed by atoms with E-state index in [1.165, 1.54) is 0 Å². The predicted octanol–water partition coefficient (Wildman–Crippen LogP) is 1.57. The second kappa shape index (κ2) is 8.53. The fourth-order valence-corrected chi connectivity index (χ4v) is 1.75. The highest BCUT2D eigenvalue weighted by Crippen LogP contribution is 2.10. The van der Waals surface area contributed by atoms with Crippen LogP contribution in [-0.2, 0) is 11.2 Å². The highest BCUT2D eigenvalue weighted by molar-refractivity contribution is 5.75. The normalized spacial score (nSPS) is 10.3. The standard InChI is InChI=1S/C14H22N2O2/c15-9-3-1-2-7-14(18)16-10-8-12-5-4-6-13(17)11-12/h4-6,11,17H,1-3,7-10,15H2,(H,16,18). The van der Waals surface area contributed by atoms with E-state index in [9.17, 15) is 9.90 Å². The van der Waals surface area contributed by atoms with Crippen molar-refractivity contribution >= 4 is 5.91 Å². The number of rotatable bonds is 8. The number of phenols is 1. The maximum atomic E-state index is 11.5. The van der Waals surface area contributed by atoms with Crippen molar-refractivity contribution in [2.45, 2.75) is 32.1 Å². The second-order valence-electron chi connectivity index (χ2n) is 4.37. The van der Waals surface area contributed by atoms with Crippen molar-refractivity contribution in [2.24, 2.45) is 5.73 Å². The number of hydrogen-bond acceptors (Lipinski definition) is 3. The molecule has 4 heteroatoms. The average molecular weight is 250 g/mol. The van der Waals surface area contributed by atoms with Gasteiger partial charge in [0.05, 0.1) is 0 Å². The molecule has 0 spiro atoms. The lowest BCUT2D eigenvalue weighted by Crippen LogP contribution is -2.25. The Labute approximate surface area is 108 Å². The summed E-state index contributed by atoms with van der Waals surface area (Å²) in [6, 6.07) is 7.10. The summed E-state index contributed by atoms with van der Waals surface area (Å²) in [5.74, 6) is 0.354. The molecule has 0 fully saturated rings. The van der Waals surface area contributed by atoms with E-state index in [1.54, 1.807) is 18.2 Å². The molecular formula is C14H22N2O2. The number of carbonyl (C=O) groups is 1. The maximum Gasteiger partial charge on any atom is 0.220 e. The number of carbonyl (C=O) groups excluding carboxylic acids is 1. The zero-order chi connectivity index (χ0) is 13.2. The molecule has 0 aliphatic heterocycles. The molecule has 0 bridgehead atoms. The summed E-state index contributed by atoms with van der Waals surface area (Å²) in [6.07, 6.45) is 4.20. The lowest BCUT2D eigenvalue weighted by atomic mass is 10.1. The van der Waals surface area contributed by atoms with Crippen molar-refractivity contribution in [3.8, 4) is 5.75 Å². The molecule has 0 heterocycles. The summed E-state index contributed by atoms with van der Waals surface area (Å²) >= 11 is 0. The van der Waals surface area contributed by atoms with Crippen LogP contribution in [0.2, 0.25) is 0 Å². The zero-order valence-corrected chi connectivity index (χ0v) is 10.7. The molecule has 0 aromatic heterocycles. The van der Waals surface area contributed by atoms with Crippen molar-refractivity contribution in [3.05, 3.63) is 29.8 Å². The maximum absolute atomic E-state index is 11.5. The Morgan fingerprint density at radius 1 is 1.28 bits per heavy atom. The molecule has 4 nitrogen and oxygen atoms in total. The molecule has 1 rings (SSSR count). The first-order valence-corrected chi connectivity index (χ1v) is 6.47. The topological polar surface area (TPSA) is 75.4 Å². The summed E-state index contributed by atoms with van der Waals surface area (Å²) in [6.45, 7) is 1.30. The van der Waals surface area contributed by atoms with Gasteiger partial charge in [0, 0.05) is 13.0 Å². The van der Waals surface area contributed by atoms with Gasteiger partial charge in [-0.05, 0) is 43.5 Å². The van der Waals surface area contributed by atoms with Crippen LogP contribution in [0.3, 0.4) is 0 Å². The van der Waals surface area contributed by atoms with Gasteiger partial charge in [0.2, 0.25) is 5.91 Å². The van der Waals surface area contributed by atoms with Gasteiger partial charge in [0.1, 0.15) is 5.75 Å². The van der Waals surface area contributed by atoms with Gasteiger partial charge in [-0.1, -0.05) is 18.6 Å². The highest BCUT2D eigenvalue weighted by Gasteiger charge is 2.01. The molecular weight excluding hydrogens is 228 g/mol. The van der Waals surface area contributed by atoms with E-state index in [4.69, 9.17) is 5.73 Å². The van der Waals surface area contributed by atoms with Crippen LogP contribution in [0.15, 0.2) is 24.3 Å². The fraction of sp³-hybridized carbons (Fsp3) is 0.500. The van der Waals surface area contributed by atoms with Gasteiger partial charge < -0.3 is 16.2 Å². The summed E-state index contributed by atoms with van der Waals surface area (Å²) in [4.78, 5) is 11.5. The number of hydrogen-bond donors (Lipinski definition) is 3. The van der Waals surface area contributed by atoms with E-state index in [-0.39, 0.29) is 11.7 Å². The molecule has 0 unspecified atom stereocenters. The predicted molar refractivity (Wildman–Crippen MR) is 72.3 cm³/mol. The van der Waals surface area contributed by atoms with Gasteiger partial charge in [0.15, 0.2) is 0 Å². The third kappa shape index (κ3) is 6.25. The van der Waals surface area contributed by atoms with E-state index in [0.717, 1.165) is 31.2 Å². The highest BCUT2D eigenvalue weighted by atomic mass is 16.3. The Hall–Kier alpha value is -1.55. The van der Waals surface area contributed by atoms with Crippen molar-refractivity contribution in [2.75, 3.05) is 13.1 Å². The molecule has 4 N–H and O–H groups in total. The van der Waals surface area contributed by atoms with Gasteiger partial charge in [-0.25, -0.2) is 0 Å². The van der Waals surface area contributed by atoms with Crippen molar-refractivity contribution in [1.82, 2.24) is 5.32 Å². The van der Waals surface area contributed by atoms with Crippen LogP contribution in [0.25, 0.3) is 0 Å². The van der Waals surface area contributed by atoms with E-state index in [0.29, 0.717) is 19.5 Å². The minimum Gasteiger partial charge on any atom is -0.508 e. The van der Waals surface area contributed by atoms with Crippen molar-refractivity contribution in [1.29, 1.82) is 0 Å². The Balaban J connectivity index is 2.12. The number of unbranched alkanes of at least 4 members (excludes halogenated alkanes) is 2. The Kier molecular flexibility index (Phi) is 6.87. The Morgan fingerprint density at radius 3 is 2.83 bits per heavy atom. The molecule has 100 valence electrons. The smallest absolute Gasteiger partial charge is 0.220 e. The molecule has 1 aromatic rings. The molecule has 0 saturated carbocycles. The van der Waals surface area contributed by atoms with Gasteiger partial charge in [-0.2, -0.15) is 0 Å². The first kappa shape index (κ1) is 14.5. The van der Waals surface area contributed by atoms with Crippen LogP contribution in [0.4, 0.5) is 0 Å². The number of nitrogens with one attached hydrogen (secondary N) is 1. The lowest BCUT2D eigenvalue weighted by Gasteiger charge is -2.05. The first-order valence-electron chi connectivity index (χ1n) is 6.47. The van der Waals surface area contributed by atoms with Crippen molar-refractivity contribution in [3.63, 3.8) is 0 Å². The second-order valence-corrected chi connectivity index (χ2v) is 4.37. The summed E-state index contributed by atoms with van der Waals surface area (Å²) in [7, 11) is 0. The molecule has 0 radical (unpaired) electrons. The monoisotopic (exact) mass is 250 g/mol. The van der Waals surface area contributed by atoms with Gasteiger partial charge in [-0.3, -0.25) is 4.79 Å². The molecule has 1 aromatic carbocycles. The molecule has 18 heavy (non-hydrogen) atoms.